The van der Waals surface area contributed by atoms with Crippen LogP contribution in [0.2, 0.25) is 5.02 Å². The smallest absolute Gasteiger partial charge is 0.261 e. The van der Waals surface area contributed by atoms with E-state index in [0.717, 1.165) is 22.7 Å². The summed E-state index contributed by atoms with van der Waals surface area (Å²) in [4.78, 5) is 15.7. The molecule has 1 amide bonds. The lowest BCUT2D eigenvalue weighted by molar-refractivity contribution is -0.128. The van der Waals surface area contributed by atoms with E-state index in [-0.39, 0.29) is 16.7 Å². The van der Waals surface area contributed by atoms with Crippen LogP contribution in [0.15, 0.2) is 42.5 Å². The van der Waals surface area contributed by atoms with Gasteiger partial charge in [0.1, 0.15) is 0 Å². The Morgan fingerprint density at radius 2 is 2.12 bits per heavy atom. The van der Waals surface area contributed by atoms with Gasteiger partial charge in [0.05, 0.1) is 6.54 Å². The first-order chi connectivity index (χ1) is 12.5. The number of hydrogen-bond donors (Lipinski definition) is 2. The molecule has 0 fully saturated rings. The van der Waals surface area contributed by atoms with Crippen LogP contribution in [-0.4, -0.2) is 17.0 Å². The fourth-order valence-corrected chi connectivity index (χ4v) is 2.96. The molecule has 26 heavy (non-hydrogen) atoms. The Morgan fingerprint density at radius 3 is 2.81 bits per heavy atom. The highest BCUT2D eigenvalue weighted by atomic mass is 35.5. The van der Waals surface area contributed by atoms with Crippen molar-refractivity contribution in [2.24, 2.45) is 0 Å². The third-order valence-corrected chi connectivity index (χ3v) is 4.45. The zero-order chi connectivity index (χ0) is 18.7. The van der Waals surface area contributed by atoms with Crippen molar-refractivity contribution in [3.05, 3.63) is 64.6 Å². The number of halogens is 2. The first-order valence-corrected chi connectivity index (χ1v) is 8.82. The van der Waals surface area contributed by atoms with Crippen molar-refractivity contribution in [2.45, 2.75) is 32.9 Å². The molecule has 0 aliphatic heterocycles. The number of aromatic amines is 1. The summed E-state index contributed by atoms with van der Waals surface area (Å²) >= 11 is 5.73. The second kappa shape index (κ2) is 7.79. The number of nitrogens with one attached hydrogen (secondary N) is 2. The van der Waals surface area contributed by atoms with Gasteiger partial charge in [-0.15, -0.1) is 0 Å². The van der Waals surface area contributed by atoms with Crippen LogP contribution in [0.1, 0.15) is 24.6 Å². The molecule has 0 spiro atoms. The molecular weight excluding hydrogens is 355 g/mol. The molecule has 3 aromatic rings. The Bertz CT molecular complexity index is 939. The average molecular weight is 375 g/mol. The largest absolute Gasteiger partial charge is 0.478 e. The van der Waals surface area contributed by atoms with Crippen molar-refractivity contribution >= 4 is 28.4 Å². The number of aromatic nitrogens is 1. The van der Waals surface area contributed by atoms with E-state index in [9.17, 15) is 9.18 Å². The van der Waals surface area contributed by atoms with Gasteiger partial charge in [-0.05, 0) is 49.2 Å². The van der Waals surface area contributed by atoms with Gasteiger partial charge in [0, 0.05) is 21.6 Å². The minimum atomic E-state index is -0.781. The molecule has 0 aliphatic carbocycles. The number of ether oxygens (including phenoxy) is 1. The molecule has 1 heterocycles. The van der Waals surface area contributed by atoms with Gasteiger partial charge in [-0.25, -0.2) is 4.39 Å². The number of aryl methyl sites for hydroxylation is 1. The van der Waals surface area contributed by atoms with Gasteiger partial charge in [-0.1, -0.05) is 30.7 Å². The number of amides is 1. The van der Waals surface area contributed by atoms with Crippen molar-refractivity contribution in [1.29, 1.82) is 0 Å². The SMILES string of the molecule is CCC(Oc1ccc(Cl)cc1F)C(=O)NCc1cc2c(C)cccc2[nH]1. The Kier molecular flexibility index (Phi) is 5.47. The molecule has 0 bridgehead atoms. The molecule has 6 heteroatoms. The molecule has 2 N–H and O–H groups in total. The topological polar surface area (TPSA) is 54.1 Å². The molecule has 3 rings (SSSR count). The Labute approximate surface area is 156 Å². The van der Waals surface area contributed by atoms with Crippen molar-refractivity contribution in [3.63, 3.8) is 0 Å². The summed E-state index contributed by atoms with van der Waals surface area (Å²) in [5, 5.41) is 4.24. The minimum absolute atomic E-state index is 0.0117. The number of rotatable bonds is 6. The lowest BCUT2D eigenvalue weighted by atomic mass is 10.1. The summed E-state index contributed by atoms with van der Waals surface area (Å²) in [6, 6.07) is 12.2. The van der Waals surface area contributed by atoms with Gasteiger partial charge in [0.25, 0.3) is 5.91 Å². The number of carbonyl (C=O) groups excluding carboxylic acids is 1. The van der Waals surface area contributed by atoms with Gasteiger partial charge in [-0.3, -0.25) is 4.79 Å². The molecule has 0 saturated carbocycles. The van der Waals surface area contributed by atoms with E-state index < -0.39 is 11.9 Å². The number of H-pyrrole nitrogens is 1. The predicted octanol–water partition coefficient (Wildman–Crippen LogP) is 4.74. The average Bonchev–Trinajstić information content (AvgIpc) is 3.04. The van der Waals surface area contributed by atoms with Gasteiger partial charge >= 0.3 is 0 Å². The molecule has 0 saturated heterocycles. The maximum absolute atomic E-state index is 13.9. The molecule has 1 atom stereocenters. The van der Waals surface area contributed by atoms with Crippen LogP contribution < -0.4 is 10.1 Å². The lowest BCUT2D eigenvalue weighted by Gasteiger charge is -2.17. The molecular formula is C20H20ClFN2O2. The summed E-state index contributed by atoms with van der Waals surface area (Å²) in [7, 11) is 0. The van der Waals surface area contributed by atoms with Gasteiger partial charge in [0.2, 0.25) is 0 Å². The summed E-state index contributed by atoms with van der Waals surface area (Å²) < 4.78 is 19.4. The Balaban J connectivity index is 1.65. The molecule has 2 aromatic carbocycles. The van der Waals surface area contributed by atoms with Crippen molar-refractivity contribution in [3.8, 4) is 5.75 Å². The van der Waals surface area contributed by atoms with E-state index in [1.807, 2.05) is 38.1 Å². The minimum Gasteiger partial charge on any atom is -0.478 e. The highest BCUT2D eigenvalue weighted by molar-refractivity contribution is 6.30. The van der Waals surface area contributed by atoms with Crippen molar-refractivity contribution in [2.75, 3.05) is 0 Å². The summed E-state index contributed by atoms with van der Waals surface area (Å²) in [6.45, 7) is 4.19. The fraction of sp³-hybridized carbons (Fsp3) is 0.250. The number of carbonyl (C=O) groups is 1. The third kappa shape index (κ3) is 3.99. The number of benzene rings is 2. The highest BCUT2D eigenvalue weighted by Gasteiger charge is 2.20. The van der Waals surface area contributed by atoms with Crippen molar-refractivity contribution in [1.82, 2.24) is 10.3 Å². The molecule has 1 unspecified atom stereocenters. The predicted molar refractivity (Wildman–Crippen MR) is 101 cm³/mol. The monoisotopic (exact) mass is 374 g/mol. The van der Waals surface area contributed by atoms with E-state index in [0.29, 0.717) is 13.0 Å². The first-order valence-electron chi connectivity index (χ1n) is 8.44. The zero-order valence-corrected chi connectivity index (χ0v) is 15.4. The number of fused-ring (bicyclic) bond motifs is 1. The van der Waals surface area contributed by atoms with Crippen LogP contribution in [0.5, 0.6) is 5.75 Å². The van der Waals surface area contributed by atoms with Gasteiger partial charge in [0.15, 0.2) is 17.7 Å². The van der Waals surface area contributed by atoms with E-state index in [1.54, 1.807) is 0 Å². The highest BCUT2D eigenvalue weighted by Crippen LogP contribution is 2.23. The maximum Gasteiger partial charge on any atom is 0.261 e. The van der Waals surface area contributed by atoms with Crippen LogP contribution in [0.4, 0.5) is 4.39 Å². The third-order valence-electron chi connectivity index (χ3n) is 4.22. The quantitative estimate of drug-likeness (QED) is 0.654. The van der Waals surface area contributed by atoms with E-state index in [1.165, 1.54) is 17.7 Å². The van der Waals surface area contributed by atoms with Crippen LogP contribution in [0.25, 0.3) is 10.9 Å². The molecule has 4 nitrogen and oxygen atoms in total. The lowest BCUT2D eigenvalue weighted by Crippen LogP contribution is -2.37. The van der Waals surface area contributed by atoms with Crippen LogP contribution in [0, 0.1) is 12.7 Å². The molecule has 0 aliphatic rings. The normalized spacial score (nSPS) is 12.2. The van der Waals surface area contributed by atoms with E-state index in [2.05, 4.69) is 10.3 Å². The summed E-state index contributed by atoms with van der Waals surface area (Å²) in [6.07, 6.45) is -0.364. The fourth-order valence-electron chi connectivity index (χ4n) is 2.80. The van der Waals surface area contributed by atoms with Gasteiger partial charge in [-0.2, -0.15) is 0 Å². The van der Waals surface area contributed by atoms with E-state index in [4.69, 9.17) is 16.3 Å². The summed E-state index contributed by atoms with van der Waals surface area (Å²) in [5.74, 6) is -0.871. The standard InChI is InChI=1S/C20H20ClFN2O2/c1-3-18(26-19-8-7-13(21)9-16(19)22)20(25)23-11-14-10-15-12(2)5-4-6-17(15)24-14/h4-10,18,24H,3,11H2,1-2H3,(H,23,25). The van der Waals surface area contributed by atoms with Crippen LogP contribution in [-0.2, 0) is 11.3 Å². The first kappa shape index (κ1) is 18.3. The van der Waals surface area contributed by atoms with Crippen molar-refractivity contribution < 1.29 is 13.9 Å². The second-order valence-electron chi connectivity index (χ2n) is 6.14. The second-order valence-corrected chi connectivity index (χ2v) is 6.57. The molecule has 136 valence electrons. The summed E-state index contributed by atoms with van der Waals surface area (Å²) in [5.41, 5.74) is 3.10. The molecule has 0 radical (unpaired) electrons. The number of hydrogen-bond acceptors (Lipinski definition) is 2. The Hall–Kier alpha value is -2.53. The van der Waals surface area contributed by atoms with Crippen LogP contribution >= 0.6 is 11.6 Å². The van der Waals surface area contributed by atoms with E-state index >= 15 is 0 Å². The maximum atomic E-state index is 13.9. The molecule has 1 aromatic heterocycles. The Morgan fingerprint density at radius 1 is 1.31 bits per heavy atom. The van der Waals surface area contributed by atoms with Crippen LogP contribution in [0.3, 0.4) is 0 Å². The van der Waals surface area contributed by atoms with Gasteiger partial charge < -0.3 is 15.0 Å². The zero-order valence-electron chi connectivity index (χ0n) is 14.6.